The predicted molar refractivity (Wildman–Crippen MR) is 64.1 cm³/mol. The highest BCUT2D eigenvalue weighted by atomic mass is 35.5. The van der Waals surface area contributed by atoms with Gasteiger partial charge in [0, 0.05) is 11.6 Å². The SMILES string of the molecule is CCC[C@@H](N)c1c(F)ccc(C(=O)O)c1O.Cl. The molecule has 0 amide bonds. The second-order valence-corrected chi connectivity index (χ2v) is 3.56. The Bertz CT molecular complexity index is 412. The molecular formula is C11H15ClFNO3. The summed E-state index contributed by atoms with van der Waals surface area (Å²) >= 11 is 0. The molecule has 0 unspecified atom stereocenters. The Hall–Kier alpha value is -1.33. The topological polar surface area (TPSA) is 83.6 Å². The van der Waals surface area contributed by atoms with Crippen LogP contribution in [0.25, 0.3) is 0 Å². The number of hydrogen-bond acceptors (Lipinski definition) is 3. The summed E-state index contributed by atoms with van der Waals surface area (Å²) in [7, 11) is 0. The molecule has 0 radical (unpaired) electrons. The third kappa shape index (κ3) is 3.31. The zero-order valence-electron chi connectivity index (χ0n) is 9.31. The average Bonchev–Trinajstić information content (AvgIpc) is 2.17. The van der Waals surface area contributed by atoms with Crippen molar-refractivity contribution < 1.29 is 19.4 Å². The summed E-state index contributed by atoms with van der Waals surface area (Å²) in [6.07, 6.45) is 1.20. The van der Waals surface area contributed by atoms with Crippen LogP contribution in [0.4, 0.5) is 4.39 Å². The number of carboxylic acid groups (broad SMARTS) is 1. The first kappa shape index (κ1) is 15.7. The third-order valence-electron chi connectivity index (χ3n) is 2.36. The minimum Gasteiger partial charge on any atom is -0.507 e. The van der Waals surface area contributed by atoms with Crippen LogP contribution >= 0.6 is 12.4 Å². The number of benzene rings is 1. The smallest absolute Gasteiger partial charge is 0.339 e. The number of hydrogen-bond donors (Lipinski definition) is 3. The van der Waals surface area contributed by atoms with E-state index in [1.807, 2.05) is 6.92 Å². The van der Waals surface area contributed by atoms with E-state index >= 15 is 0 Å². The molecule has 1 aromatic rings. The Kier molecular flexibility index (Phi) is 5.91. The van der Waals surface area contributed by atoms with E-state index in [2.05, 4.69) is 0 Å². The van der Waals surface area contributed by atoms with Crippen LogP contribution in [0.1, 0.15) is 41.7 Å². The summed E-state index contributed by atoms with van der Waals surface area (Å²) in [6, 6.07) is 1.34. The number of phenols is 1. The fourth-order valence-electron chi connectivity index (χ4n) is 1.56. The Morgan fingerprint density at radius 1 is 1.53 bits per heavy atom. The van der Waals surface area contributed by atoms with E-state index in [0.717, 1.165) is 18.6 Å². The van der Waals surface area contributed by atoms with Crippen LogP contribution in [-0.2, 0) is 0 Å². The van der Waals surface area contributed by atoms with Crippen LogP contribution in [-0.4, -0.2) is 16.2 Å². The van der Waals surface area contributed by atoms with Gasteiger partial charge in [-0.25, -0.2) is 9.18 Å². The van der Waals surface area contributed by atoms with Crippen LogP contribution in [0, 0.1) is 5.82 Å². The highest BCUT2D eigenvalue weighted by Gasteiger charge is 2.21. The molecule has 0 bridgehead atoms. The molecule has 0 aromatic heterocycles. The van der Waals surface area contributed by atoms with Crippen LogP contribution < -0.4 is 5.73 Å². The molecule has 0 aliphatic carbocycles. The molecule has 0 heterocycles. The number of carbonyl (C=O) groups is 1. The van der Waals surface area contributed by atoms with Crippen molar-refractivity contribution >= 4 is 18.4 Å². The van der Waals surface area contributed by atoms with Gasteiger partial charge < -0.3 is 15.9 Å². The van der Waals surface area contributed by atoms with Crippen molar-refractivity contribution in [2.24, 2.45) is 5.73 Å². The fourth-order valence-corrected chi connectivity index (χ4v) is 1.56. The van der Waals surface area contributed by atoms with Crippen molar-refractivity contribution in [2.45, 2.75) is 25.8 Å². The van der Waals surface area contributed by atoms with E-state index in [4.69, 9.17) is 10.8 Å². The lowest BCUT2D eigenvalue weighted by Gasteiger charge is -2.14. The van der Waals surface area contributed by atoms with Gasteiger partial charge in [0.2, 0.25) is 0 Å². The van der Waals surface area contributed by atoms with Gasteiger partial charge in [-0.1, -0.05) is 13.3 Å². The Labute approximate surface area is 105 Å². The van der Waals surface area contributed by atoms with Gasteiger partial charge in [-0.15, -0.1) is 12.4 Å². The Morgan fingerprint density at radius 2 is 2.12 bits per heavy atom. The van der Waals surface area contributed by atoms with Crippen molar-refractivity contribution in [1.29, 1.82) is 0 Å². The van der Waals surface area contributed by atoms with Gasteiger partial charge in [-0.3, -0.25) is 0 Å². The molecule has 0 fully saturated rings. The zero-order chi connectivity index (χ0) is 12.3. The maximum Gasteiger partial charge on any atom is 0.339 e. The monoisotopic (exact) mass is 263 g/mol. The summed E-state index contributed by atoms with van der Waals surface area (Å²) in [6.45, 7) is 1.87. The lowest BCUT2D eigenvalue weighted by molar-refractivity contribution is 0.0693. The van der Waals surface area contributed by atoms with E-state index in [1.165, 1.54) is 0 Å². The molecule has 4 N–H and O–H groups in total. The quantitative estimate of drug-likeness (QED) is 0.779. The maximum atomic E-state index is 13.4. The van der Waals surface area contributed by atoms with E-state index < -0.39 is 23.6 Å². The molecule has 0 spiro atoms. The molecule has 1 aromatic carbocycles. The van der Waals surface area contributed by atoms with Gasteiger partial charge in [-0.2, -0.15) is 0 Å². The standard InChI is InChI=1S/C11H14FNO3.ClH/c1-2-3-8(13)9-7(12)5-4-6(10(9)14)11(15)16;/h4-5,8,14H,2-3,13H2,1H3,(H,15,16);1H/t8-;/m1./s1. The summed E-state index contributed by atoms with van der Waals surface area (Å²) in [5.41, 5.74) is 5.23. The lowest BCUT2D eigenvalue weighted by Crippen LogP contribution is -2.13. The molecule has 1 rings (SSSR count). The lowest BCUT2D eigenvalue weighted by atomic mass is 9.98. The average molecular weight is 264 g/mol. The number of aromatic hydroxyl groups is 1. The summed E-state index contributed by atoms with van der Waals surface area (Å²) in [5.74, 6) is -2.56. The number of rotatable bonds is 4. The first-order chi connectivity index (χ1) is 7.49. The Morgan fingerprint density at radius 3 is 2.59 bits per heavy atom. The molecule has 4 nitrogen and oxygen atoms in total. The highest BCUT2D eigenvalue weighted by molar-refractivity contribution is 5.91. The first-order valence-corrected chi connectivity index (χ1v) is 4.99. The van der Waals surface area contributed by atoms with Gasteiger partial charge in [-0.05, 0) is 18.6 Å². The van der Waals surface area contributed by atoms with E-state index in [9.17, 15) is 14.3 Å². The van der Waals surface area contributed by atoms with Gasteiger partial charge >= 0.3 is 5.97 Å². The van der Waals surface area contributed by atoms with Crippen molar-refractivity contribution in [3.05, 3.63) is 29.1 Å². The zero-order valence-corrected chi connectivity index (χ0v) is 10.1. The van der Waals surface area contributed by atoms with Crippen molar-refractivity contribution in [3.8, 4) is 5.75 Å². The molecule has 0 aliphatic rings. The van der Waals surface area contributed by atoms with Crippen molar-refractivity contribution in [2.75, 3.05) is 0 Å². The van der Waals surface area contributed by atoms with Gasteiger partial charge in [0.15, 0.2) is 0 Å². The third-order valence-corrected chi connectivity index (χ3v) is 2.36. The fraction of sp³-hybridized carbons (Fsp3) is 0.364. The minimum atomic E-state index is -1.30. The molecule has 0 saturated heterocycles. The largest absolute Gasteiger partial charge is 0.507 e. The van der Waals surface area contributed by atoms with Crippen LogP contribution in [0.5, 0.6) is 5.75 Å². The molecule has 0 saturated carbocycles. The predicted octanol–water partition coefficient (Wildman–Crippen LogP) is 2.45. The number of nitrogens with two attached hydrogens (primary N) is 1. The molecular weight excluding hydrogens is 249 g/mol. The van der Waals surface area contributed by atoms with Crippen molar-refractivity contribution in [3.63, 3.8) is 0 Å². The van der Waals surface area contributed by atoms with E-state index in [1.54, 1.807) is 0 Å². The molecule has 6 heteroatoms. The van der Waals surface area contributed by atoms with Gasteiger partial charge in [0.25, 0.3) is 0 Å². The highest BCUT2D eigenvalue weighted by Crippen LogP contribution is 2.31. The number of halogens is 2. The Balaban J connectivity index is 0.00000256. The van der Waals surface area contributed by atoms with Gasteiger partial charge in [0.1, 0.15) is 17.1 Å². The molecule has 0 aliphatic heterocycles. The van der Waals surface area contributed by atoms with Crippen LogP contribution in [0.15, 0.2) is 12.1 Å². The van der Waals surface area contributed by atoms with Gasteiger partial charge in [0.05, 0.1) is 0 Å². The second-order valence-electron chi connectivity index (χ2n) is 3.56. The normalized spacial score (nSPS) is 11.7. The minimum absolute atomic E-state index is 0. The molecule has 17 heavy (non-hydrogen) atoms. The first-order valence-electron chi connectivity index (χ1n) is 4.99. The van der Waals surface area contributed by atoms with E-state index in [0.29, 0.717) is 6.42 Å². The summed E-state index contributed by atoms with van der Waals surface area (Å²) in [5, 5.41) is 18.4. The van der Waals surface area contributed by atoms with Crippen LogP contribution in [0.2, 0.25) is 0 Å². The number of aromatic carboxylic acids is 1. The second kappa shape index (κ2) is 6.42. The molecule has 96 valence electrons. The van der Waals surface area contributed by atoms with Crippen LogP contribution in [0.3, 0.4) is 0 Å². The maximum absolute atomic E-state index is 13.4. The summed E-state index contributed by atoms with van der Waals surface area (Å²) < 4.78 is 13.4. The molecule has 1 atom stereocenters. The van der Waals surface area contributed by atoms with E-state index in [-0.39, 0.29) is 23.5 Å². The summed E-state index contributed by atoms with van der Waals surface area (Å²) in [4.78, 5) is 10.7. The number of carboxylic acids is 1. The van der Waals surface area contributed by atoms with Crippen molar-refractivity contribution in [1.82, 2.24) is 0 Å².